The van der Waals surface area contributed by atoms with Gasteiger partial charge in [-0.2, -0.15) is 4.39 Å². The van der Waals surface area contributed by atoms with Gasteiger partial charge in [0.1, 0.15) is 6.61 Å². The van der Waals surface area contributed by atoms with E-state index in [2.05, 4.69) is 5.32 Å². The van der Waals surface area contributed by atoms with E-state index in [1.165, 1.54) is 0 Å². The molecule has 31 heavy (non-hydrogen) atoms. The number of hydrogen-bond donors (Lipinski definition) is 2. The highest BCUT2D eigenvalue weighted by atomic mass is 19.1. The van der Waals surface area contributed by atoms with Gasteiger partial charge in [-0.1, -0.05) is 48.5 Å². The van der Waals surface area contributed by atoms with Crippen molar-refractivity contribution in [3.8, 4) is 11.1 Å². The van der Waals surface area contributed by atoms with Gasteiger partial charge in [0, 0.05) is 18.1 Å². The molecule has 0 aromatic heterocycles. The van der Waals surface area contributed by atoms with Gasteiger partial charge in [0.05, 0.1) is 16.2 Å². The van der Waals surface area contributed by atoms with Crippen LogP contribution in [0.5, 0.6) is 0 Å². The number of ether oxygens (including phenoxy) is 1. The number of hydrogen-bond acceptors (Lipinski definition) is 5. The number of halogens is 1. The number of carboxylic acids is 1. The Morgan fingerprint density at radius 1 is 1.06 bits per heavy atom. The van der Waals surface area contributed by atoms with Gasteiger partial charge in [-0.05, 0) is 22.3 Å². The van der Waals surface area contributed by atoms with Gasteiger partial charge in [-0.25, -0.2) is 9.59 Å². The molecule has 0 atom stereocenters. The number of amides is 1. The van der Waals surface area contributed by atoms with Crippen LogP contribution in [0.1, 0.15) is 27.4 Å². The first kappa shape index (κ1) is 20.0. The smallest absolute Gasteiger partial charge is 0.411 e. The standard InChI is InChI=1S/C22H15FN2O6/c23-18-10-19(16(21(26)27)9-20(18)25(29)30)24-22(28)31-11-17-14-7-3-1-5-12(14)13-6-2-4-8-15(13)17/h1-10,17H,11H2,(H,24,28)(H,26,27). The zero-order valence-corrected chi connectivity index (χ0v) is 15.9. The molecule has 0 saturated carbocycles. The first-order valence-corrected chi connectivity index (χ1v) is 9.20. The van der Waals surface area contributed by atoms with E-state index in [-0.39, 0.29) is 12.5 Å². The van der Waals surface area contributed by atoms with Crippen LogP contribution in [0, 0.1) is 15.9 Å². The number of fused-ring (bicyclic) bond motifs is 3. The largest absolute Gasteiger partial charge is 0.478 e. The Morgan fingerprint density at radius 2 is 1.65 bits per heavy atom. The molecule has 0 bridgehead atoms. The molecule has 0 heterocycles. The minimum absolute atomic E-state index is 0.0300. The number of aromatic carboxylic acids is 1. The van der Waals surface area contributed by atoms with Gasteiger partial charge < -0.3 is 9.84 Å². The summed E-state index contributed by atoms with van der Waals surface area (Å²) >= 11 is 0. The molecule has 2 N–H and O–H groups in total. The third kappa shape index (κ3) is 3.68. The van der Waals surface area contributed by atoms with E-state index in [0.29, 0.717) is 12.1 Å². The van der Waals surface area contributed by atoms with Crippen LogP contribution in [0.2, 0.25) is 0 Å². The van der Waals surface area contributed by atoms with E-state index in [4.69, 9.17) is 4.74 Å². The maximum atomic E-state index is 13.9. The van der Waals surface area contributed by atoms with Crippen LogP contribution in [0.3, 0.4) is 0 Å². The first-order chi connectivity index (χ1) is 14.9. The maximum absolute atomic E-state index is 13.9. The summed E-state index contributed by atoms with van der Waals surface area (Å²) in [5.41, 5.74) is 1.99. The van der Waals surface area contributed by atoms with E-state index >= 15 is 0 Å². The molecule has 4 rings (SSSR count). The molecule has 0 aliphatic heterocycles. The molecule has 1 aliphatic carbocycles. The fourth-order valence-electron chi connectivity index (χ4n) is 3.73. The lowest BCUT2D eigenvalue weighted by Gasteiger charge is -2.15. The first-order valence-electron chi connectivity index (χ1n) is 9.20. The van der Waals surface area contributed by atoms with E-state index in [1.807, 2.05) is 48.5 Å². The number of rotatable bonds is 5. The predicted molar refractivity (Wildman–Crippen MR) is 109 cm³/mol. The van der Waals surface area contributed by atoms with Gasteiger partial charge >= 0.3 is 17.7 Å². The zero-order chi connectivity index (χ0) is 22.1. The number of benzene rings is 3. The third-order valence-corrected chi connectivity index (χ3v) is 5.09. The summed E-state index contributed by atoms with van der Waals surface area (Å²) in [6, 6.07) is 16.6. The van der Waals surface area contributed by atoms with Gasteiger partial charge in [-0.15, -0.1) is 0 Å². The predicted octanol–water partition coefficient (Wildman–Crippen LogP) is 4.79. The molecule has 0 spiro atoms. The van der Waals surface area contributed by atoms with Crippen molar-refractivity contribution < 1.29 is 28.7 Å². The average molecular weight is 422 g/mol. The van der Waals surface area contributed by atoms with Crippen molar-refractivity contribution in [1.82, 2.24) is 0 Å². The Morgan fingerprint density at radius 3 is 2.19 bits per heavy atom. The molecule has 156 valence electrons. The minimum Gasteiger partial charge on any atom is -0.478 e. The van der Waals surface area contributed by atoms with Crippen molar-refractivity contribution in [2.24, 2.45) is 0 Å². The Labute approximate surface area is 175 Å². The highest BCUT2D eigenvalue weighted by molar-refractivity contribution is 5.99. The molecule has 3 aromatic carbocycles. The van der Waals surface area contributed by atoms with Crippen molar-refractivity contribution in [1.29, 1.82) is 0 Å². The molecular weight excluding hydrogens is 407 g/mol. The highest BCUT2D eigenvalue weighted by Crippen LogP contribution is 2.44. The molecule has 8 nitrogen and oxygen atoms in total. The van der Waals surface area contributed by atoms with Crippen LogP contribution < -0.4 is 5.32 Å². The van der Waals surface area contributed by atoms with Crippen LogP contribution in [0.15, 0.2) is 60.7 Å². The quantitative estimate of drug-likeness (QED) is 0.451. The van der Waals surface area contributed by atoms with Crippen molar-refractivity contribution in [2.45, 2.75) is 5.92 Å². The lowest BCUT2D eigenvalue weighted by molar-refractivity contribution is -0.387. The van der Waals surface area contributed by atoms with Gasteiger partial charge in [0.25, 0.3) is 0 Å². The van der Waals surface area contributed by atoms with Crippen LogP contribution >= 0.6 is 0 Å². The van der Waals surface area contributed by atoms with Crippen LogP contribution in [0.4, 0.5) is 20.6 Å². The van der Waals surface area contributed by atoms with Crippen LogP contribution in [0.25, 0.3) is 11.1 Å². The summed E-state index contributed by atoms with van der Waals surface area (Å²) in [5.74, 6) is -3.05. The number of carbonyl (C=O) groups excluding carboxylic acids is 1. The Balaban J connectivity index is 1.54. The Bertz CT molecular complexity index is 1180. The summed E-state index contributed by atoms with van der Waals surface area (Å²) in [6.07, 6.45) is -1.00. The minimum atomic E-state index is -1.56. The van der Waals surface area contributed by atoms with Crippen molar-refractivity contribution in [3.05, 3.63) is 93.3 Å². The summed E-state index contributed by atoms with van der Waals surface area (Å²) in [7, 11) is 0. The number of nitro benzene ring substituents is 1. The molecule has 3 aromatic rings. The Hall–Kier alpha value is -4.27. The molecule has 9 heteroatoms. The number of anilines is 1. The third-order valence-electron chi connectivity index (χ3n) is 5.09. The van der Waals surface area contributed by atoms with Crippen molar-refractivity contribution in [3.63, 3.8) is 0 Å². The van der Waals surface area contributed by atoms with Gasteiger partial charge in [0.15, 0.2) is 0 Å². The number of nitrogens with zero attached hydrogens (tertiary/aromatic N) is 1. The molecule has 0 radical (unpaired) electrons. The number of nitro groups is 1. The topological polar surface area (TPSA) is 119 Å². The second-order valence-corrected chi connectivity index (χ2v) is 6.86. The molecule has 1 amide bonds. The van der Waals surface area contributed by atoms with E-state index in [1.54, 1.807) is 0 Å². The summed E-state index contributed by atoms with van der Waals surface area (Å²) < 4.78 is 19.2. The van der Waals surface area contributed by atoms with E-state index < -0.39 is 39.7 Å². The molecule has 0 fully saturated rings. The average Bonchev–Trinajstić information content (AvgIpc) is 3.05. The van der Waals surface area contributed by atoms with Gasteiger partial charge in [0.2, 0.25) is 5.82 Å². The second kappa shape index (κ2) is 7.86. The summed E-state index contributed by atoms with van der Waals surface area (Å²) in [4.78, 5) is 33.5. The lowest BCUT2D eigenvalue weighted by atomic mass is 9.98. The number of nitrogens with one attached hydrogen (secondary N) is 1. The van der Waals surface area contributed by atoms with Crippen LogP contribution in [-0.4, -0.2) is 28.7 Å². The SMILES string of the molecule is O=C(Nc1cc(F)c([N+](=O)[O-])cc1C(=O)O)OCC1c2ccccc2-c2ccccc21. The summed E-state index contributed by atoms with van der Waals surface area (Å²) in [6.45, 7) is -0.0300. The lowest BCUT2D eigenvalue weighted by Crippen LogP contribution is -2.19. The summed E-state index contributed by atoms with van der Waals surface area (Å²) in [5, 5.41) is 22.3. The van der Waals surface area contributed by atoms with Crippen molar-refractivity contribution in [2.75, 3.05) is 11.9 Å². The molecule has 0 saturated heterocycles. The fourth-order valence-corrected chi connectivity index (χ4v) is 3.73. The van der Waals surface area contributed by atoms with E-state index in [0.717, 1.165) is 22.3 Å². The monoisotopic (exact) mass is 422 g/mol. The maximum Gasteiger partial charge on any atom is 0.411 e. The number of carboxylic acid groups (broad SMARTS) is 1. The zero-order valence-electron chi connectivity index (χ0n) is 15.9. The molecular formula is C22H15FN2O6. The normalized spacial score (nSPS) is 12.0. The Kier molecular flexibility index (Phi) is 5.08. The van der Waals surface area contributed by atoms with Crippen molar-refractivity contribution >= 4 is 23.4 Å². The molecule has 0 unspecified atom stereocenters. The van der Waals surface area contributed by atoms with Gasteiger partial charge in [-0.3, -0.25) is 15.4 Å². The highest BCUT2D eigenvalue weighted by Gasteiger charge is 2.29. The van der Waals surface area contributed by atoms with E-state index in [9.17, 15) is 29.2 Å². The fraction of sp³-hybridized carbons (Fsp3) is 0.0909. The van der Waals surface area contributed by atoms with Crippen LogP contribution in [-0.2, 0) is 4.74 Å². The number of carbonyl (C=O) groups is 2. The molecule has 1 aliphatic rings. The second-order valence-electron chi connectivity index (χ2n) is 6.86.